The van der Waals surface area contributed by atoms with E-state index < -0.39 is 6.03 Å². The lowest BCUT2D eigenvalue weighted by atomic mass is 10.2. The molecule has 0 aromatic heterocycles. The highest BCUT2D eigenvalue weighted by molar-refractivity contribution is 6.35. The summed E-state index contributed by atoms with van der Waals surface area (Å²) >= 11 is 11.9. The van der Waals surface area contributed by atoms with E-state index in [1.807, 2.05) is 18.2 Å². The molecule has 2 aromatic carbocycles. The second-order valence-electron chi connectivity index (χ2n) is 5.83. The van der Waals surface area contributed by atoms with Crippen LogP contribution in [0.25, 0.3) is 0 Å². The van der Waals surface area contributed by atoms with Gasteiger partial charge in [0.05, 0.1) is 23.9 Å². The van der Waals surface area contributed by atoms with Crippen molar-refractivity contribution in [3.8, 4) is 5.75 Å². The number of ether oxygens (including phenoxy) is 1. The Kier molecular flexibility index (Phi) is 5.54. The SMILES string of the molecule is COc1cccc(N2C[C@@H](NC(=O)Nc3cc(Cl)ccc3Cl)CC2=O)c1. The summed E-state index contributed by atoms with van der Waals surface area (Å²) in [6.45, 7) is 0.378. The molecule has 3 amide bonds. The number of rotatable bonds is 4. The van der Waals surface area contributed by atoms with Crippen LogP contribution in [0, 0.1) is 0 Å². The average Bonchev–Trinajstić information content (AvgIpc) is 2.98. The number of carbonyl (C=O) groups excluding carboxylic acids is 2. The van der Waals surface area contributed by atoms with Crippen molar-refractivity contribution in [3.63, 3.8) is 0 Å². The fourth-order valence-corrected chi connectivity index (χ4v) is 3.11. The molecule has 1 atom stereocenters. The van der Waals surface area contributed by atoms with Crippen LogP contribution in [0.1, 0.15) is 6.42 Å². The van der Waals surface area contributed by atoms with Gasteiger partial charge in [0.25, 0.3) is 0 Å². The van der Waals surface area contributed by atoms with Crippen LogP contribution in [0.15, 0.2) is 42.5 Å². The standard InChI is InChI=1S/C18H17Cl2N3O3/c1-26-14-4-2-3-13(9-14)23-10-12(8-17(23)24)21-18(25)22-16-7-11(19)5-6-15(16)20/h2-7,9,12H,8,10H2,1H3,(H2,21,22,25)/t12-/m0/s1. The van der Waals surface area contributed by atoms with Gasteiger partial charge in [-0.05, 0) is 30.3 Å². The quantitative estimate of drug-likeness (QED) is 0.826. The number of urea groups is 1. The van der Waals surface area contributed by atoms with E-state index in [9.17, 15) is 9.59 Å². The summed E-state index contributed by atoms with van der Waals surface area (Å²) in [4.78, 5) is 26.1. The predicted octanol–water partition coefficient (Wildman–Crippen LogP) is 3.93. The molecule has 1 aliphatic heterocycles. The van der Waals surface area contributed by atoms with Crippen molar-refractivity contribution in [2.45, 2.75) is 12.5 Å². The summed E-state index contributed by atoms with van der Waals surface area (Å²) in [6, 6.07) is 11.3. The molecule has 0 unspecified atom stereocenters. The Hall–Kier alpha value is -2.44. The van der Waals surface area contributed by atoms with Crippen molar-refractivity contribution in [3.05, 3.63) is 52.5 Å². The van der Waals surface area contributed by atoms with Crippen LogP contribution in [0.3, 0.4) is 0 Å². The monoisotopic (exact) mass is 393 g/mol. The van der Waals surface area contributed by atoms with Crippen LogP contribution in [0.2, 0.25) is 10.0 Å². The van der Waals surface area contributed by atoms with Crippen LogP contribution in [-0.4, -0.2) is 31.6 Å². The van der Waals surface area contributed by atoms with Crippen molar-refractivity contribution in [2.75, 3.05) is 23.9 Å². The van der Waals surface area contributed by atoms with E-state index in [1.165, 1.54) is 0 Å². The van der Waals surface area contributed by atoms with Crippen molar-refractivity contribution in [1.29, 1.82) is 0 Å². The number of hydrogen-bond acceptors (Lipinski definition) is 3. The highest BCUT2D eigenvalue weighted by atomic mass is 35.5. The number of nitrogens with one attached hydrogen (secondary N) is 2. The van der Waals surface area contributed by atoms with Gasteiger partial charge in [-0.3, -0.25) is 4.79 Å². The normalized spacial score (nSPS) is 16.5. The minimum atomic E-state index is -0.445. The van der Waals surface area contributed by atoms with Gasteiger partial charge in [-0.2, -0.15) is 0 Å². The molecule has 3 rings (SSSR count). The van der Waals surface area contributed by atoms with E-state index in [0.717, 1.165) is 5.69 Å². The van der Waals surface area contributed by atoms with Crippen molar-refractivity contribution in [2.24, 2.45) is 0 Å². The van der Waals surface area contributed by atoms with Gasteiger partial charge >= 0.3 is 6.03 Å². The highest BCUT2D eigenvalue weighted by Crippen LogP contribution is 2.27. The molecular weight excluding hydrogens is 377 g/mol. The molecule has 8 heteroatoms. The van der Waals surface area contributed by atoms with E-state index in [2.05, 4.69) is 10.6 Å². The van der Waals surface area contributed by atoms with E-state index >= 15 is 0 Å². The van der Waals surface area contributed by atoms with Gasteiger partial charge in [0, 0.05) is 29.7 Å². The zero-order chi connectivity index (χ0) is 18.7. The summed E-state index contributed by atoms with van der Waals surface area (Å²) in [5.41, 5.74) is 1.14. The fraction of sp³-hybridized carbons (Fsp3) is 0.222. The number of amides is 3. The molecule has 0 radical (unpaired) electrons. The number of methoxy groups -OCH3 is 1. The first-order valence-electron chi connectivity index (χ1n) is 7.93. The topological polar surface area (TPSA) is 70.7 Å². The van der Waals surface area contributed by atoms with Crippen LogP contribution >= 0.6 is 23.2 Å². The van der Waals surface area contributed by atoms with E-state index in [-0.39, 0.29) is 18.4 Å². The Morgan fingerprint density at radius 3 is 2.81 bits per heavy atom. The Morgan fingerprint density at radius 1 is 1.23 bits per heavy atom. The molecule has 136 valence electrons. The number of hydrogen-bond donors (Lipinski definition) is 2. The van der Waals surface area contributed by atoms with Crippen molar-refractivity contribution < 1.29 is 14.3 Å². The molecule has 1 aliphatic rings. The van der Waals surface area contributed by atoms with Crippen LogP contribution in [-0.2, 0) is 4.79 Å². The number of benzene rings is 2. The Labute approximate surface area is 161 Å². The average molecular weight is 394 g/mol. The molecule has 26 heavy (non-hydrogen) atoms. The minimum absolute atomic E-state index is 0.0654. The predicted molar refractivity (Wildman–Crippen MR) is 102 cm³/mol. The van der Waals surface area contributed by atoms with Crippen molar-refractivity contribution in [1.82, 2.24) is 5.32 Å². The number of carbonyl (C=O) groups is 2. The Bertz CT molecular complexity index is 844. The maximum atomic E-state index is 12.3. The lowest BCUT2D eigenvalue weighted by molar-refractivity contribution is -0.117. The van der Waals surface area contributed by atoms with Gasteiger partial charge in [0.15, 0.2) is 0 Å². The van der Waals surface area contributed by atoms with E-state index in [1.54, 1.807) is 36.3 Å². The maximum Gasteiger partial charge on any atom is 0.319 e. The second-order valence-corrected chi connectivity index (χ2v) is 6.67. The summed E-state index contributed by atoms with van der Waals surface area (Å²) in [6.07, 6.45) is 0.216. The largest absolute Gasteiger partial charge is 0.497 e. The van der Waals surface area contributed by atoms with Gasteiger partial charge in [0.2, 0.25) is 5.91 Å². The molecule has 1 saturated heterocycles. The third-order valence-corrected chi connectivity index (χ3v) is 4.57. The Morgan fingerprint density at radius 2 is 2.04 bits per heavy atom. The summed E-state index contributed by atoms with van der Waals surface area (Å²) < 4.78 is 5.19. The molecule has 2 aromatic rings. The molecule has 2 N–H and O–H groups in total. The van der Waals surface area contributed by atoms with E-state index in [4.69, 9.17) is 27.9 Å². The van der Waals surface area contributed by atoms with Gasteiger partial charge in [0.1, 0.15) is 5.75 Å². The third-order valence-electron chi connectivity index (χ3n) is 4.00. The smallest absolute Gasteiger partial charge is 0.319 e. The number of nitrogens with zero attached hydrogens (tertiary/aromatic N) is 1. The zero-order valence-corrected chi connectivity index (χ0v) is 15.5. The molecule has 1 heterocycles. The van der Waals surface area contributed by atoms with Crippen LogP contribution in [0.5, 0.6) is 5.75 Å². The number of halogens is 2. The lowest BCUT2D eigenvalue weighted by Crippen LogP contribution is -2.39. The summed E-state index contributed by atoms with van der Waals surface area (Å²) in [7, 11) is 1.57. The van der Waals surface area contributed by atoms with Gasteiger partial charge in [-0.25, -0.2) is 4.79 Å². The molecule has 0 bridgehead atoms. The molecule has 0 saturated carbocycles. The molecule has 6 nitrogen and oxygen atoms in total. The van der Waals surface area contributed by atoms with Crippen LogP contribution < -0.4 is 20.3 Å². The zero-order valence-electron chi connectivity index (χ0n) is 14.0. The second kappa shape index (κ2) is 7.85. The van der Waals surface area contributed by atoms with Gasteiger partial charge < -0.3 is 20.3 Å². The minimum Gasteiger partial charge on any atom is -0.497 e. The van der Waals surface area contributed by atoms with E-state index in [0.29, 0.717) is 28.0 Å². The summed E-state index contributed by atoms with van der Waals surface area (Å²) in [5.74, 6) is 0.601. The summed E-state index contributed by atoms with van der Waals surface area (Å²) in [5, 5.41) is 6.28. The maximum absolute atomic E-state index is 12.3. The first-order chi connectivity index (χ1) is 12.5. The van der Waals surface area contributed by atoms with Crippen LogP contribution in [0.4, 0.5) is 16.2 Å². The fourth-order valence-electron chi connectivity index (χ4n) is 2.77. The van der Waals surface area contributed by atoms with Gasteiger partial charge in [-0.15, -0.1) is 0 Å². The molecular formula is C18H17Cl2N3O3. The molecule has 0 aliphatic carbocycles. The molecule has 0 spiro atoms. The lowest BCUT2D eigenvalue weighted by Gasteiger charge is -2.18. The highest BCUT2D eigenvalue weighted by Gasteiger charge is 2.31. The molecule has 1 fully saturated rings. The van der Waals surface area contributed by atoms with Crippen molar-refractivity contribution >= 4 is 46.5 Å². The Balaban J connectivity index is 1.63. The first kappa shape index (κ1) is 18.4. The first-order valence-corrected chi connectivity index (χ1v) is 8.69. The third kappa shape index (κ3) is 4.20. The van der Waals surface area contributed by atoms with Gasteiger partial charge in [-0.1, -0.05) is 29.3 Å². The number of anilines is 2.